The van der Waals surface area contributed by atoms with Gasteiger partial charge in [0.25, 0.3) is 0 Å². The predicted molar refractivity (Wildman–Crippen MR) is 66.3 cm³/mol. The van der Waals surface area contributed by atoms with Crippen LogP contribution in [0.1, 0.15) is 17.5 Å². The molecule has 0 saturated heterocycles. The van der Waals surface area contributed by atoms with Crippen LogP contribution >= 0.6 is 0 Å². The summed E-state index contributed by atoms with van der Waals surface area (Å²) in [5, 5.41) is 8.60. The van der Waals surface area contributed by atoms with Gasteiger partial charge in [-0.1, -0.05) is 12.1 Å². The van der Waals surface area contributed by atoms with Crippen molar-refractivity contribution in [1.29, 1.82) is 0 Å². The molecule has 0 amide bonds. The van der Waals surface area contributed by atoms with Crippen LogP contribution in [0.15, 0.2) is 18.2 Å². The van der Waals surface area contributed by atoms with Gasteiger partial charge in [-0.05, 0) is 31.2 Å². The molecule has 17 heavy (non-hydrogen) atoms. The molecule has 94 valence electrons. The number of hydrogen-bond donors (Lipinski definition) is 1. The van der Waals surface area contributed by atoms with Crippen molar-refractivity contribution in [2.45, 2.75) is 19.9 Å². The van der Waals surface area contributed by atoms with Crippen LogP contribution in [0.4, 0.5) is 0 Å². The van der Waals surface area contributed by atoms with Gasteiger partial charge in [0.1, 0.15) is 5.75 Å². The van der Waals surface area contributed by atoms with Gasteiger partial charge in [-0.2, -0.15) is 0 Å². The number of methoxy groups -OCH3 is 1. The highest BCUT2D eigenvalue weighted by atomic mass is 16.5. The molecule has 4 heteroatoms. The van der Waals surface area contributed by atoms with Crippen molar-refractivity contribution in [3.63, 3.8) is 0 Å². The molecule has 0 aliphatic carbocycles. The fourth-order valence-corrected chi connectivity index (χ4v) is 1.72. The largest absolute Gasteiger partial charge is 0.496 e. The number of carboxylic acid groups (broad SMARTS) is 1. The summed E-state index contributed by atoms with van der Waals surface area (Å²) in [6.45, 7) is 3.30. The first-order chi connectivity index (χ1) is 8.02. The van der Waals surface area contributed by atoms with E-state index in [-0.39, 0.29) is 6.42 Å². The van der Waals surface area contributed by atoms with Gasteiger partial charge in [0.05, 0.1) is 13.5 Å². The van der Waals surface area contributed by atoms with Gasteiger partial charge in [-0.25, -0.2) is 0 Å². The number of rotatable bonds is 6. The van der Waals surface area contributed by atoms with Crippen molar-refractivity contribution < 1.29 is 14.6 Å². The molecule has 1 N–H and O–H groups in total. The molecule has 0 aromatic heterocycles. The molecule has 0 bridgehead atoms. The summed E-state index contributed by atoms with van der Waals surface area (Å²) in [6, 6.07) is 6.01. The lowest BCUT2D eigenvalue weighted by atomic mass is 10.1. The Balaban J connectivity index is 2.56. The minimum absolute atomic E-state index is 0.172. The van der Waals surface area contributed by atoms with Crippen molar-refractivity contribution in [1.82, 2.24) is 4.90 Å². The molecule has 0 spiro atoms. The maximum absolute atomic E-state index is 10.5. The van der Waals surface area contributed by atoms with Crippen LogP contribution in [-0.2, 0) is 11.3 Å². The lowest BCUT2D eigenvalue weighted by Crippen LogP contribution is -2.21. The SMILES string of the molecule is COc1ccc(CN(C)CCC(=O)O)cc1C. The van der Waals surface area contributed by atoms with Gasteiger partial charge in [-0.15, -0.1) is 0 Å². The van der Waals surface area contributed by atoms with Crippen molar-refractivity contribution >= 4 is 5.97 Å². The van der Waals surface area contributed by atoms with Crippen LogP contribution in [0.2, 0.25) is 0 Å². The number of hydrogen-bond acceptors (Lipinski definition) is 3. The van der Waals surface area contributed by atoms with Crippen LogP contribution in [0.5, 0.6) is 5.75 Å². The van der Waals surface area contributed by atoms with E-state index in [1.54, 1.807) is 7.11 Å². The zero-order chi connectivity index (χ0) is 12.8. The van der Waals surface area contributed by atoms with Gasteiger partial charge >= 0.3 is 5.97 Å². The Kier molecular flexibility index (Phi) is 4.97. The Morgan fingerprint density at radius 2 is 2.18 bits per heavy atom. The minimum Gasteiger partial charge on any atom is -0.496 e. The van der Waals surface area contributed by atoms with Crippen LogP contribution in [-0.4, -0.2) is 36.7 Å². The summed E-state index contributed by atoms with van der Waals surface area (Å²) in [5.74, 6) is 0.115. The highest BCUT2D eigenvalue weighted by Crippen LogP contribution is 2.19. The van der Waals surface area contributed by atoms with Gasteiger partial charge in [0.2, 0.25) is 0 Å². The molecular weight excluding hydrogens is 218 g/mol. The lowest BCUT2D eigenvalue weighted by molar-refractivity contribution is -0.137. The summed E-state index contributed by atoms with van der Waals surface area (Å²) < 4.78 is 5.19. The van der Waals surface area contributed by atoms with Crippen molar-refractivity contribution in [2.75, 3.05) is 20.7 Å². The van der Waals surface area contributed by atoms with Crippen molar-refractivity contribution in [3.8, 4) is 5.75 Å². The Morgan fingerprint density at radius 3 is 2.71 bits per heavy atom. The Hall–Kier alpha value is -1.55. The first-order valence-corrected chi connectivity index (χ1v) is 5.56. The van der Waals surface area contributed by atoms with Crippen LogP contribution in [0, 0.1) is 6.92 Å². The molecule has 0 heterocycles. The topological polar surface area (TPSA) is 49.8 Å². The molecule has 0 saturated carbocycles. The van der Waals surface area contributed by atoms with Gasteiger partial charge in [0.15, 0.2) is 0 Å². The van der Waals surface area contributed by atoms with Crippen LogP contribution < -0.4 is 4.74 Å². The highest BCUT2D eigenvalue weighted by Gasteiger charge is 2.05. The summed E-state index contributed by atoms with van der Waals surface area (Å²) in [4.78, 5) is 12.4. The second-order valence-electron chi connectivity index (χ2n) is 4.19. The number of carbonyl (C=O) groups is 1. The number of ether oxygens (including phenoxy) is 1. The average Bonchev–Trinajstić information content (AvgIpc) is 2.26. The molecule has 0 unspecified atom stereocenters. The van der Waals surface area contributed by atoms with E-state index < -0.39 is 5.97 Å². The lowest BCUT2D eigenvalue weighted by Gasteiger charge is -2.16. The first kappa shape index (κ1) is 13.5. The van der Waals surface area contributed by atoms with E-state index in [1.807, 2.05) is 31.0 Å². The molecule has 0 fully saturated rings. The number of aliphatic carboxylic acids is 1. The predicted octanol–water partition coefficient (Wildman–Crippen LogP) is 1.91. The zero-order valence-electron chi connectivity index (χ0n) is 10.6. The molecule has 0 atom stereocenters. The third-order valence-electron chi connectivity index (χ3n) is 2.62. The second kappa shape index (κ2) is 6.25. The Labute approximate surface area is 102 Å². The molecule has 0 aliphatic heterocycles. The summed E-state index contributed by atoms with van der Waals surface area (Å²) in [6.07, 6.45) is 0.172. The summed E-state index contributed by atoms with van der Waals surface area (Å²) in [5.41, 5.74) is 2.26. The molecule has 0 radical (unpaired) electrons. The van der Waals surface area contributed by atoms with E-state index in [9.17, 15) is 4.79 Å². The molecule has 0 aliphatic rings. The summed E-state index contributed by atoms with van der Waals surface area (Å²) >= 11 is 0. The quantitative estimate of drug-likeness (QED) is 0.821. The highest BCUT2D eigenvalue weighted by molar-refractivity contribution is 5.66. The van der Waals surface area contributed by atoms with Gasteiger partial charge in [-0.3, -0.25) is 4.79 Å². The Bertz CT molecular complexity index is 390. The van der Waals surface area contributed by atoms with E-state index in [4.69, 9.17) is 9.84 Å². The van der Waals surface area contributed by atoms with Crippen molar-refractivity contribution in [2.24, 2.45) is 0 Å². The number of nitrogens with zero attached hydrogens (tertiary/aromatic N) is 1. The maximum Gasteiger partial charge on any atom is 0.304 e. The molecular formula is C13H19NO3. The van der Waals surface area contributed by atoms with Gasteiger partial charge < -0.3 is 14.7 Å². The minimum atomic E-state index is -0.761. The monoisotopic (exact) mass is 237 g/mol. The van der Waals surface area contributed by atoms with E-state index in [0.717, 1.165) is 23.4 Å². The van der Waals surface area contributed by atoms with Crippen LogP contribution in [0.25, 0.3) is 0 Å². The van der Waals surface area contributed by atoms with E-state index in [1.165, 1.54) is 0 Å². The molecule has 1 aromatic rings. The van der Waals surface area contributed by atoms with Crippen molar-refractivity contribution in [3.05, 3.63) is 29.3 Å². The molecule has 1 rings (SSSR count). The fourth-order valence-electron chi connectivity index (χ4n) is 1.72. The van der Waals surface area contributed by atoms with E-state index in [2.05, 4.69) is 6.07 Å². The van der Waals surface area contributed by atoms with E-state index in [0.29, 0.717) is 6.54 Å². The number of benzene rings is 1. The Morgan fingerprint density at radius 1 is 1.47 bits per heavy atom. The smallest absolute Gasteiger partial charge is 0.304 e. The standard InChI is InChI=1S/C13H19NO3/c1-10-8-11(4-5-12(10)17-3)9-14(2)7-6-13(15)16/h4-5,8H,6-7,9H2,1-3H3,(H,15,16). The third-order valence-corrected chi connectivity index (χ3v) is 2.62. The second-order valence-corrected chi connectivity index (χ2v) is 4.19. The van der Waals surface area contributed by atoms with Crippen LogP contribution in [0.3, 0.4) is 0 Å². The summed E-state index contributed by atoms with van der Waals surface area (Å²) in [7, 11) is 3.57. The average molecular weight is 237 g/mol. The van der Waals surface area contributed by atoms with Gasteiger partial charge in [0, 0.05) is 13.1 Å². The normalized spacial score (nSPS) is 10.6. The first-order valence-electron chi connectivity index (χ1n) is 5.56. The number of carboxylic acids is 1. The maximum atomic E-state index is 10.5. The third kappa shape index (κ3) is 4.44. The number of aryl methyl sites for hydroxylation is 1. The zero-order valence-corrected chi connectivity index (χ0v) is 10.6. The molecule has 4 nitrogen and oxygen atoms in total. The molecule has 1 aromatic carbocycles. The van der Waals surface area contributed by atoms with E-state index >= 15 is 0 Å². The fraction of sp³-hybridized carbons (Fsp3) is 0.462.